The summed E-state index contributed by atoms with van der Waals surface area (Å²) in [6.07, 6.45) is -2.42. The summed E-state index contributed by atoms with van der Waals surface area (Å²) < 4.78 is 30.8. The Hall–Kier alpha value is -1.04. The molecule has 0 unspecified atom stereocenters. The second-order valence-corrected chi connectivity index (χ2v) is 6.57. The van der Waals surface area contributed by atoms with Crippen LogP contribution in [0.3, 0.4) is 0 Å². The first-order valence-corrected chi connectivity index (χ1v) is 7.95. The Balaban J connectivity index is 2.13. The zero-order valence-electron chi connectivity index (χ0n) is 12.4. The molecule has 0 aliphatic rings. The fraction of sp³-hybridized carbons (Fsp3) is 0.500. The van der Waals surface area contributed by atoms with Crippen molar-refractivity contribution in [3.8, 4) is 0 Å². The second kappa shape index (κ2) is 7.82. The monoisotopic (exact) mass is 313 g/mol. The molecule has 116 valence electrons. The summed E-state index contributed by atoms with van der Waals surface area (Å²) >= 11 is 1.70. The quantitative estimate of drug-likeness (QED) is 0.778. The molecule has 0 spiro atoms. The van der Waals surface area contributed by atoms with E-state index in [0.29, 0.717) is 5.92 Å². The summed E-state index contributed by atoms with van der Waals surface area (Å²) in [5, 5.41) is 4.52. The van der Waals surface area contributed by atoms with Crippen molar-refractivity contribution in [2.24, 2.45) is 5.92 Å². The van der Waals surface area contributed by atoms with E-state index in [2.05, 4.69) is 25.2 Å². The first kappa shape index (κ1) is 16.3. The van der Waals surface area contributed by atoms with Gasteiger partial charge in [0.05, 0.1) is 6.61 Å². The Kier molecular flexibility index (Phi) is 6.08. The van der Waals surface area contributed by atoms with Crippen molar-refractivity contribution in [3.63, 3.8) is 0 Å². The third-order valence-electron chi connectivity index (χ3n) is 3.11. The second-order valence-electron chi connectivity index (χ2n) is 5.43. The van der Waals surface area contributed by atoms with Crippen LogP contribution in [0.4, 0.5) is 8.78 Å². The van der Waals surface area contributed by atoms with Gasteiger partial charge in [0.25, 0.3) is 6.43 Å². The van der Waals surface area contributed by atoms with E-state index >= 15 is 0 Å². The molecule has 1 aromatic heterocycles. The molecule has 0 saturated heterocycles. The normalized spacial score (nSPS) is 11.9. The Bertz CT molecular complexity index is 568. The minimum atomic E-state index is -2.42. The zero-order chi connectivity index (χ0) is 15.2. The van der Waals surface area contributed by atoms with E-state index in [-0.39, 0.29) is 6.61 Å². The summed E-state index contributed by atoms with van der Waals surface area (Å²) in [6.45, 7) is 5.74. The number of thiophene rings is 1. The highest BCUT2D eigenvalue weighted by Crippen LogP contribution is 2.31. The van der Waals surface area contributed by atoms with Crippen molar-refractivity contribution in [2.75, 3.05) is 13.2 Å². The summed E-state index contributed by atoms with van der Waals surface area (Å²) in [5.74, 6) is 0.581. The lowest BCUT2D eigenvalue weighted by Crippen LogP contribution is -2.19. The number of halogens is 2. The topological polar surface area (TPSA) is 21.3 Å². The molecule has 1 heterocycles. The van der Waals surface area contributed by atoms with Crippen LogP contribution in [0.25, 0.3) is 10.1 Å². The number of hydrogen-bond acceptors (Lipinski definition) is 3. The highest BCUT2D eigenvalue weighted by molar-refractivity contribution is 7.19. The van der Waals surface area contributed by atoms with E-state index in [1.807, 2.05) is 18.2 Å². The van der Waals surface area contributed by atoms with Gasteiger partial charge in [-0.15, -0.1) is 11.3 Å². The van der Waals surface area contributed by atoms with E-state index in [4.69, 9.17) is 4.74 Å². The molecule has 0 aliphatic carbocycles. The number of nitrogens with one attached hydrogen (secondary N) is 1. The first-order valence-electron chi connectivity index (χ1n) is 7.13. The van der Waals surface area contributed by atoms with Crippen LogP contribution in [-0.2, 0) is 17.9 Å². The number of hydrogen-bond donors (Lipinski definition) is 1. The van der Waals surface area contributed by atoms with E-state index in [0.717, 1.165) is 24.0 Å². The van der Waals surface area contributed by atoms with Crippen LogP contribution in [0.15, 0.2) is 24.3 Å². The van der Waals surface area contributed by atoms with E-state index in [9.17, 15) is 8.78 Å². The van der Waals surface area contributed by atoms with Crippen LogP contribution in [0.1, 0.15) is 24.3 Å². The summed E-state index contributed by atoms with van der Waals surface area (Å²) in [4.78, 5) is 1.17. The van der Waals surface area contributed by atoms with Gasteiger partial charge in [-0.1, -0.05) is 32.0 Å². The number of fused-ring (bicyclic) bond motifs is 1. The van der Waals surface area contributed by atoms with Gasteiger partial charge in [-0.05, 0) is 23.9 Å². The molecular weight excluding hydrogens is 292 g/mol. The lowest BCUT2D eigenvalue weighted by Gasteiger charge is -2.09. The number of benzene rings is 1. The van der Waals surface area contributed by atoms with Gasteiger partial charge < -0.3 is 10.1 Å². The van der Waals surface area contributed by atoms with Gasteiger partial charge >= 0.3 is 0 Å². The van der Waals surface area contributed by atoms with E-state index in [1.165, 1.54) is 9.58 Å². The summed E-state index contributed by atoms with van der Waals surface area (Å²) in [7, 11) is 0. The Labute approximate surface area is 128 Å². The molecular formula is C16H21F2NOS. The summed E-state index contributed by atoms with van der Waals surface area (Å²) in [5.41, 5.74) is 1.03. The fourth-order valence-electron chi connectivity index (χ4n) is 2.17. The molecule has 0 aliphatic heterocycles. The molecule has 0 amide bonds. The Morgan fingerprint density at radius 3 is 2.71 bits per heavy atom. The molecule has 0 atom stereocenters. The molecule has 0 saturated carbocycles. The van der Waals surface area contributed by atoms with Crippen LogP contribution >= 0.6 is 11.3 Å². The van der Waals surface area contributed by atoms with Gasteiger partial charge in [-0.3, -0.25) is 0 Å². The highest BCUT2D eigenvalue weighted by atomic mass is 32.1. The SMILES string of the molecule is CC(C)CNCc1sc2ccccc2c1COCC(F)F. The molecule has 0 bridgehead atoms. The predicted octanol–water partition coefficient (Wildman–Crippen LogP) is 4.43. The number of alkyl halides is 2. The van der Waals surface area contributed by atoms with Gasteiger partial charge in [-0.25, -0.2) is 8.78 Å². The maximum absolute atomic E-state index is 12.2. The van der Waals surface area contributed by atoms with E-state index < -0.39 is 13.0 Å². The van der Waals surface area contributed by atoms with E-state index in [1.54, 1.807) is 11.3 Å². The van der Waals surface area contributed by atoms with Crippen molar-refractivity contribution < 1.29 is 13.5 Å². The number of ether oxygens (including phenoxy) is 1. The van der Waals surface area contributed by atoms with Gasteiger partial charge in [0.15, 0.2) is 0 Å². The molecule has 2 rings (SSSR count). The molecule has 2 aromatic rings. The first-order chi connectivity index (χ1) is 10.1. The Morgan fingerprint density at radius 1 is 1.24 bits per heavy atom. The maximum Gasteiger partial charge on any atom is 0.261 e. The predicted molar refractivity (Wildman–Crippen MR) is 84.0 cm³/mol. The van der Waals surface area contributed by atoms with Gasteiger partial charge in [0.2, 0.25) is 0 Å². The molecule has 1 aromatic carbocycles. The summed E-state index contributed by atoms with van der Waals surface area (Å²) in [6, 6.07) is 8.05. The van der Waals surface area contributed by atoms with Crippen LogP contribution in [0.5, 0.6) is 0 Å². The zero-order valence-corrected chi connectivity index (χ0v) is 13.2. The fourth-order valence-corrected chi connectivity index (χ4v) is 3.35. The molecule has 5 heteroatoms. The highest BCUT2D eigenvalue weighted by Gasteiger charge is 2.13. The van der Waals surface area contributed by atoms with Gasteiger partial charge in [0, 0.05) is 21.7 Å². The van der Waals surface area contributed by atoms with Crippen LogP contribution < -0.4 is 5.32 Å². The molecule has 21 heavy (non-hydrogen) atoms. The standard InChI is InChI=1S/C16H21F2NOS/c1-11(2)7-19-8-15-13(9-20-10-16(17)18)12-5-3-4-6-14(12)21-15/h3-6,11,16,19H,7-10H2,1-2H3. The average Bonchev–Trinajstić information content (AvgIpc) is 2.76. The largest absolute Gasteiger partial charge is 0.371 e. The third-order valence-corrected chi connectivity index (χ3v) is 4.32. The third kappa shape index (κ3) is 4.73. The minimum absolute atomic E-state index is 0.243. The molecule has 2 nitrogen and oxygen atoms in total. The lowest BCUT2D eigenvalue weighted by atomic mass is 10.1. The van der Waals surface area contributed by atoms with Crippen molar-refractivity contribution in [2.45, 2.75) is 33.4 Å². The van der Waals surface area contributed by atoms with Crippen LogP contribution in [-0.4, -0.2) is 19.6 Å². The smallest absolute Gasteiger partial charge is 0.261 e. The van der Waals surface area contributed by atoms with Crippen molar-refractivity contribution >= 4 is 21.4 Å². The Morgan fingerprint density at radius 2 is 2.00 bits per heavy atom. The van der Waals surface area contributed by atoms with Crippen LogP contribution in [0.2, 0.25) is 0 Å². The molecule has 0 radical (unpaired) electrons. The maximum atomic E-state index is 12.2. The lowest BCUT2D eigenvalue weighted by molar-refractivity contribution is 0.0101. The van der Waals surface area contributed by atoms with Gasteiger partial charge in [-0.2, -0.15) is 0 Å². The molecule has 0 fully saturated rings. The van der Waals surface area contributed by atoms with Gasteiger partial charge in [0.1, 0.15) is 6.61 Å². The van der Waals surface area contributed by atoms with Crippen molar-refractivity contribution in [3.05, 3.63) is 34.7 Å². The van der Waals surface area contributed by atoms with Crippen molar-refractivity contribution in [1.29, 1.82) is 0 Å². The van der Waals surface area contributed by atoms with Crippen LogP contribution in [0, 0.1) is 5.92 Å². The number of rotatable bonds is 8. The average molecular weight is 313 g/mol. The molecule has 1 N–H and O–H groups in total. The minimum Gasteiger partial charge on any atom is -0.371 e. The van der Waals surface area contributed by atoms with Crippen molar-refractivity contribution in [1.82, 2.24) is 5.32 Å².